The third-order valence-electron chi connectivity index (χ3n) is 2.85. The van der Waals surface area contributed by atoms with E-state index in [1.165, 1.54) is 11.1 Å². The van der Waals surface area contributed by atoms with E-state index in [0.29, 0.717) is 0 Å². The Morgan fingerprint density at radius 2 is 1.44 bits per heavy atom. The van der Waals surface area contributed by atoms with Crippen molar-refractivity contribution in [2.24, 2.45) is 0 Å². The van der Waals surface area contributed by atoms with E-state index in [1.54, 1.807) is 0 Å². The molecule has 0 unspecified atom stereocenters. The van der Waals surface area contributed by atoms with E-state index in [9.17, 15) is 0 Å². The van der Waals surface area contributed by atoms with Gasteiger partial charge in [-0.3, -0.25) is 0 Å². The maximum Gasteiger partial charge on any atom is 0.0891 e. The standard InChI is InChI=1S/C12H17NO.C2H6/c1-11(2)9-6-5-8(13)7-10(9)12(3,4)14-11;1-2/h5-7H,13H2,1-4H3;1-2H3. The summed E-state index contributed by atoms with van der Waals surface area (Å²) in [6.07, 6.45) is 0. The highest BCUT2D eigenvalue weighted by Crippen LogP contribution is 2.46. The molecule has 1 aliphatic heterocycles. The van der Waals surface area contributed by atoms with Crippen LogP contribution in [0, 0.1) is 0 Å². The summed E-state index contributed by atoms with van der Waals surface area (Å²) in [5.74, 6) is 0. The molecular weight excluding hydrogens is 198 g/mol. The van der Waals surface area contributed by atoms with Crippen LogP contribution < -0.4 is 5.73 Å². The van der Waals surface area contributed by atoms with Crippen LogP contribution in [0.4, 0.5) is 5.69 Å². The average molecular weight is 221 g/mol. The minimum Gasteiger partial charge on any atom is -0.399 e. The molecule has 0 bridgehead atoms. The normalized spacial score (nSPS) is 19.6. The van der Waals surface area contributed by atoms with Crippen molar-refractivity contribution in [3.05, 3.63) is 29.3 Å². The molecule has 0 fully saturated rings. The third-order valence-corrected chi connectivity index (χ3v) is 2.85. The van der Waals surface area contributed by atoms with Crippen LogP contribution in [-0.4, -0.2) is 0 Å². The van der Waals surface area contributed by atoms with Crippen LogP contribution in [0.5, 0.6) is 0 Å². The Morgan fingerprint density at radius 1 is 0.938 bits per heavy atom. The van der Waals surface area contributed by atoms with Crippen molar-refractivity contribution in [2.45, 2.75) is 52.7 Å². The van der Waals surface area contributed by atoms with Gasteiger partial charge in [0.2, 0.25) is 0 Å². The Labute approximate surface area is 98.8 Å². The molecule has 0 aromatic heterocycles. The van der Waals surface area contributed by atoms with Crippen molar-refractivity contribution in [3.63, 3.8) is 0 Å². The summed E-state index contributed by atoms with van der Waals surface area (Å²) in [6.45, 7) is 12.4. The molecule has 0 spiro atoms. The van der Waals surface area contributed by atoms with Gasteiger partial charge in [0, 0.05) is 5.69 Å². The molecule has 0 radical (unpaired) electrons. The van der Waals surface area contributed by atoms with Gasteiger partial charge >= 0.3 is 0 Å². The molecule has 0 aliphatic carbocycles. The lowest BCUT2D eigenvalue weighted by Gasteiger charge is -2.24. The van der Waals surface area contributed by atoms with Crippen molar-refractivity contribution in [1.29, 1.82) is 0 Å². The number of nitrogens with two attached hydrogens (primary N) is 1. The SMILES string of the molecule is CC.CC1(C)OC(C)(C)c2cc(N)ccc21. The highest BCUT2D eigenvalue weighted by atomic mass is 16.5. The summed E-state index contributed by atoms with van der Waals surface area (Å²) in [5.41, 5.74) is 8.62. The fraction of sp³-hybridized carbons (Fsp3) is 0.571. The fourth-order valence-corrected chi connectivity index (χ4v) is 2.33. The number of hydrogen-bond donors (Lipinski definition) is 1. The molecular formula is C14H23NO. The van der Waals surface area contributed by atoms with Crippen LogP contribution in [0.25, 0.3) is 0 Å². The summed E-state index contributed by atoms with van der Waals surface area (Å²) in [4.78, 5) is 0. The molecule has 2 rings (SSSR count). The molecule has 2 heteroatoms. The van der Waals surface area contributed by atoms with Gasteiger partial charge in [-0.1, -0.05) is 19.9 Å². The van der Waals surface area contributed by atoms with Gasteiger partial charge < -0.3 is 10.5 Å². The molecule has 16 heavy (non-hydrogen) atoms. The van der Waals surface area contributed by atoms with Gasteiger partial charge in [0.05, 0.1) is 11.2 Å². The lowest BCUT2D eigenvalue weighted by molar-refractivity contribution is -0.105. The van der Waals surface area contributed by atoms with Crippen LogP contribution >= 0.6 is 0 Å². The molecule has 1 aromatic rings. The summed E-state index contributed by atoms with van der Waals surface area (Å²) in [5, 5.41) is 0. The van der Waals surface area contributed by atoms with Gasteiger partial charge in [-0.05, 0) is 51.0 Å². The molecule has 90 valence electrons. The zero-order valence-corrected chi connectivity index (χ0v) is 11.2. The Morgan fingerprint density at radius 3 is 2.00 bits per heavy atom. The van der Waals surface area contributed by atoms with E-state index < -0.39 is 0 Å². The average Bonchev–Trinajstić information content (AvgIpc) is 2.35. The van der Waals surface area contributed by atoms with Crippen LogP contribution in [0.15, 0.2) is 18.2 Å². The topological polar surface area (TPSA) is 35.2 Å². The second-order valence-corrected chi connectivity index (χ2v) is 4.93. The first-order valence-corrected chi connectivity index (χ1v) is 5.93. The van der Waals surface area contributed by atoms with Crippen molar-refractivity contribution >= 4 is 5.69 Å². The Balaban J connectivity index is 0.000000606. The first kappa shape index (κ1) is 13.0. The van der Waals surface area contributed by atoms with Gasteiger partial charge in [0.25, 0.3) is 0 Å². The van der Waals surface area contributed by atoms with Gasteiger partial charge in [0.15, 0.2) is 0 Å². The van der Waals surface area contributed by atoms with Crippen LogP contribution in [-0.2, 0) is 15.9 Å². The molecule has 1 aromatic carbocycles. The van der Waals surface area contributed by atoms with Crippen molar-refractivity contribution in [1.82, 2.24) is 0 Å². The van der Waals surface area contributed by atoms with E-state index in [4.69, 9.17) is 10.5 Å². The lowest BCUT2D eigenvalue weighted by Crippen LogP contribution is -2.22. The van der Waals surface area contributed by atoms with Gasteiger partial charge in [-0.2, -0.15) is 0 Å². The van der Waals surface area contributed by atoms with Crippen molar-refractivity contribution in [2.75, 3.05) is 5.73 Å². The van der Waals surface area contributed by atoms with E-state index >= 15 is 0 Å². The number of nitrogen functional groups attached to an aromatic ring is 1. The van der Waals surface area contributed by atoms with Gasteiger partial charge in [-0.15, -0.1) is 0 Å². The van der Waals surface area contributed by atoms with Gasteiger partial charge in [0.1, 0.15) is 0 Å². The number of ether oxygens (including phenoxy) is 1. The number of rotatable bonds is 0. The summed E-state index contributed by atoms with van der Waals surface area (Å²) < 4.78 is 6.01. The van der Waals surface area contributed by atoms with Gasteiger partial charge in [-0.25, -0.2) is 0 Å². The van der Waals surface area contributed by atoms with E-state index in [0.717, 1.165) is 5.69 Å². The molecule has 2 N–H and O–H groups in total. The highest BCUT2D eigenvalue weighted by Gasteiger charge is 2.42. The maximum atomic E-state index is 6.01. The van der Waals surface area contributed by atoms with E-state index in [2.05, 4.69) is 33.8 Å². The van der Waals surface area contributed by atoms with Crippen LogP contribution in [0.3, 0.4) is 0 Å². The summed E-state index contributed by atoms with van der Waals surface area (Å²) in [7, 11) is 0. The predicted molar refractivity (Wildman–Crippen MR) is 69.3 cm³/mol. The van der Waals surface area contributed by atoms with E-state index in [1.807, 2.05) is 26.0 Å². The first-order chi connectivity index (χ1) is 7.33. The molecule has 0 saturated heterocycles. The minimum atomic E-state index is -0.228. The highest BCUT2D eigenvalue weighted by molar-refractivity contribution is 5.50. The number of anilines is 1. The van der Waals surface area contributed by atoms with E-state index in [-0.39, 0.29) is 11.2 Å². The van der Waals surface area contributed by atoms with Crippen molar-refractivity contribution in [3.8, 4) is 0 Å². The minimum absolute atomic E-state index is 0.202. The number of fused-ring (bicyclic) bond motifs is 1. The van der Waals surface area contributed by atoms with Crippen molar-refractivity contribution < 1.29 is 4.74 Å². The summed E-state index contributed by atoms with van der Waals surface area (Å²) in [6, 6.07) is 6.02. The largest absolute Gasteiger partial charge is 0.399 e. The Bertz CT molecular complexity index is 380. The molecule has 0 atom stereocenters. The zero-order chi connectivity index (χ0) is 12.6. The molecule has 2 nitrogen and oxygen atoms in total. The zero-order valence-electron chi connectivity index (χ0n) is 11.2. The molecule has 0 amide bonds. The predicted octanol–water partition coefficient (Wildman–Crippen LogP) is 3.80. The van der Waals surface area contributed by atoms with Crippen LogP contribution in [0.2, 0.25) is 0 Å². The number of benzene rings is 1. The third kappa shape index (κ3) is 2.07. The van der Waals surface area contributed by atoms with Crippen LogP contribution in [0.1, 0.15) is 52.7 Å². The quantitative estimate of drug-likeness (QED) is 0.676. The fourth-order valence-electron chi connectivity index (χ4n) is 2.33. The Hall–Kier alpha value is -1.02. The molecule has 0 saturated carbocycles. The first-order valence-electron chi connectivity index (χ1n) is 5.93. The lowest BCUT2D eigenvalue weighted by atomic mass is 9.90. The Kier molecular flexibility index (Phi) is 3.34. The molecule has 1 heterocycles. The molecule has 1 aliphatic rings. The second-order valence-electron chi connectivity index (χ2n) is 4.93. The second kappa shape index (κ2) is 4.10. The number of hydrogen-bond acceptors (Lipinski definition) is 2. The smallest absolute Gasteiger partial charge is 0.0891 e. The summed E-state index contributed by atoms with van der Waals surface area (Å²) >= 11 is 0. The maximum absolute atomic E-state index is 6.01. The monoisotopic (exact) mass is 221 g/mol.